The molecule has 0 aliphatic carbocycles. The maximum atomic E-state index is 12.9. The second-order valence-corrected chi connectivity index (χ2v) is 8.27. The third-order valence-electron chi connectivity index (χ3n) is 5.02. The summed E-state index contributed by atoms with van der Waals surface area (Å²) in [4.78, 5) is 51.2. The molecule has 2 aromatic carbocycles. The number of hydrogen-bond donors (Lipinski definition) is 0. The molecule has 1 aliphatic rings. The summed E-state index contributed by atoms with van der Waals surface area (Å²) in [6.07, 6.45) is 2.57. The van der Waals surface area contributed by atoms with Gasteiger partial charge in [0.15, 0.2) is 11.5 Å². The molecule has 2 heterocycles. The van der Waals surface area contributed by atoms with Crippen LogP contribution in [0.2, 0.25) is 0 Å². The molecule has 182 valence electrons. The number of nitrogens with zero attached hydrogens (tertiary/aromatic N) is 4. The van der Waals surface area contributed by atoms with Crippen LogP contribution < -0.4 is 9.47 Å². The number of aromatic nitrogens is 1. The number of thioether (sulfide) groups is 1. The predicted molar refractivity (Wildman–Crippen MR) is 129 cm³/mol. The first-order valence-electron chi connectivity index (χ1n) is 10.2. The minimum atomic E-state index is -0.574. The van der Waals surface area contributed by atoms with Crippen LogP contribution in [0.1, 0.15) is 11.1 Å². The van der Waals surface area contributed by atoms with Crippen LogP contribution in [-0.2, 0) is 11.3 Å². The summed E-state index contributed by atoms with van der Waals surface area (Å²) in [5.74, 6) is 0.115. The molecule has 1 saturated heterocycles. The molecule has 0 saturated carbocycles. The standard InChI is InChI=1S/C23H16N4O8S/c1-34-19-10-14(6-8-18(19)35-21-9-7-16(12-24-21)26(30)31)11-20-22(28)25(23(29)36-20)13-15-4-2-3-5-17(15)27(32)33/h2-12H,13H2,1H3/b20-11-. The number of rotatable bonds is 8. The van der Waals surface area contributed by atoms with Crippen LogP contribution in [0.3, 0.4) is 0 Å². The van der Waals surface area contributed by atoms with Crippen LogP contribution in [0.4, 0.5) is 16.2 Å². The summed E-state index contributed by atoms with van der Waals surface area (Å²) >= 11 is 0.726. The van der Waals surface area contributed by atoms with E-state index in [-0.39, 0.29) is 40.0 Å². The zero-order valence-electron chi connectivity index (χ0n) is 18.5. The first kappa shape index (κ1) is 24.3. The zero-order valence-corrected chi connectivity index (χ0v) is 19.3. The van der Waals surface area contributed by atoms with Crippen LogP contribution in [0, 0.1) is 20.2 Å². The van der Waals surface area contributed by atoms with E-state index in [9.17, 15) is 29.8 Å². The lowest BCUT2D eigenvalue weighted by Crippen LogP contribution is -2.27. The largest absolute Gasteiger partial charge is 0.493 e. The number of nitro groups is 2. The van der Waals surface area contributed by atoms with Crippen molar-refractivity contribution in [1.82, 2.24) is 9.88 Å². The van der Waals surface area contributed by atoms with Crippen LogP contribution in [0.25, 0.3) is 6.08 Å². The van der Waals surface area contributed by atoms with Crippen LogP contribution >= 0.6 is 11.8 Å². The van der Waals surface area contributed by atoms with Crippen molar-refractivity contribution < 1.29 is 28.9 Å². The van der Waals surface area contributed by atoms with E-state index < -0.39 is 21.0 Å². The Bertz CT molecular complexity index is 1410. The molecule has 13 heteroatoms. The molecule has 1 aromatic heterocycles. The number of methoxy groups -OCH3 is 1. The van der Waals surface area contributed by atoms with Gasteiger partial charge in [0.1, 0.15) is 6.20 Å². The Balaban J connectivity index is 1.53. The summed E-state index contributed by atoms with van der Waals surface area (Å²) in [5, 5.41) is 21.5. The molecule has 12 nitrogen and oxygen atoms in total. The van der Waals surface area contributed by atoms with Gasteiger partial charge >= 0.3 is 0 Å². The van der Waals surface area contributed by atoms with Gasteiger partial charge in [-0.25, -0.2) is 4.98 Å². The number of hydrogen-bond acceptors (Lipinski definition) is 10. The number of benzene rings is 2. The Morgan fingerprint density at radius 1 is 1.03 bits per heavy atom. The lowest BCUT2D eigenvalue weighted by molar-refractivity contribution is -0.385. The van der Waals surface area contributed by atoms with Gasteiger partial charge in [-0.05, 0) is 35.5 Å². The van der Waals surface area contributed by atoms with Gasteiger partial charge in [-0.1, -0.05) is 24.3 Å². The van der Waals surface area contributed by atoms with Gasteiger partial charge in [0, 0.05) is 23.8 Å². The number of pyridine rings is 1. The second kappa shape index (κ2) is 10.2. The highest BCUT2D eigenvalue weighted by atomic mass is 32.2. The van der Waals surface area contributed by atoms with Crippen LogP contribution in [-0.4, -0.2) is 38.0 Å². The number of nitro benzene ring substituents is 1. The summed E-state index contributed by atoms with van der Waals surface area (Å²) < 4.78 is 11.0. The maximum Gasteiger partial charge on any atom is 0.293 e. The summed E-state index contributed by atoms with van der Waals surface area (Å²) in [5.41, 5.74) is 0.421. The highest BCUT2D eigenvalue weighted by Gasteiger charge is 2.36. The topological polar surface area (TPSA) is 155 Å². The van der Waals surface area contributed by atoms with Crippen molar-refractivity contribution in [2.45, 2.75) is 6.54 Å². The van der Waals surface area contributed by atoms with Gasteiger partial charge in [0.05, 0.1) is 28.4 Å². The molecule has 1 aliphatic heterocycles. The molecular formula is C23H16N4O8S. The molecular weight excluding hydrogens is 492 g/mol. The van der Waals surface area contributed by atoms with Crippen molar-refractivity contribution >= 4 is 40.4 Å². The fraction of sp³-hybridized carbons (Fsp3) is 0.0870. The lowest BCUT2D eigenvalue weighted by atomic mass is 10.1. The summed E-state index contributed by atoms with van der Waals surface area (Å²) in [6.45, 7) is -0.225. The fourth-order valence-corrected chi connectivity index (χ4v) is 4.13. The highest BCUT2D eigenvalue weighted by molar-refractivity contribution is 8.18. The second-order valence-electron chi connectivity index (χ2n) is 7.28. The molecule has 0 unspecified atom stereocenters. The molecule has 1 fully saturated rings. The molecule has 36 heavy (non-hydrogen) atoms. The van der Waals surface area contributed by atoms with Crippen molar-refractivity contribution in [2.24, 2.45) is 0 Å². The normalized spacial score (nSPS) is 14.2. The lowest BCUT2D eigenvalue weighted by Gasteiger charge is -2.12. The van der Waals surface area contributed by atoms with E-state index in [4.69, 9.17) is 9.47 Å². The van der Waals surface area contributed by atoms with Crippen molar-refractivity contribution in [1.29, 1.82) is 0 Å². The molecule has 2 amide bonds. The molecule has 4 rings (SSSR count). The number of amides is 2. The summed E-state index contributed by atoms with van der Waals surface area (Å²) in [7, 11) is 1.41. The third kappa shape index (κ3) is 5.15. The van der Waals surface area contributed by atoms with Gasteiger partial charge in [-0.3, -0.25) is 34.7 Å². The molecule has 0 bridgehead atoms. The number of carbonyl (C=O) groups excluding carboxylic acids is 2. The number of para-hydroxylation sites is 1. The van der Waals surface area contributed by atoms with Gasteiger partial charge in [0.2, 0.25) is 5.88 Å². The van der Waals surface area contributed by atoms with E-state index >= 15 is 0 Å². The fourth-order valence-electron chi connectivity index (χ4n) is 3.29. The zero-order chi connectivity index (χ0) is 25.8. The van der Waals surface area contributed by atoms with E-state index in [2.05, 4.69) is 4.98 Å². The number of ether oxygens (including phenoxy) is 2. The molecule has 0 N–H and O–H groups in total. The van der Waals surface area contributed by atoms with E-state index in [0.717, 1.165) is 22.9 Å². The predicted octanol–water partition coefficient (Wildman–Crippen LogP) is 4.94. The minimum Gasteiger partial charge on any atom is -0.493 e. The SMILES string of the molecule is COc1cc(/C=C2\SC(=O)N(Cc3ccccc3[N+](=O)[O-])C2=O)ccc1Oc1ccc([N+](=O)[O-])cn1. The van der Waals surface area contributed by atoms with E-state index in [0.29, 0.717) is 11.3 Å². The Hall–Kier alpha value is -4.78. The number of carbonyl (C=O) groups is 2. The first-order valence-corrected chi connectivity index (χ1v) is 11.0. The van der Waals surface area contributed by atoms with Crippen molar-refractivity contribution in [2.75, 3.05) is 7.11 Å². The van der Waals surface area contributed by atoms with Crippen molar-refractivity contribution in [3.8, 4) is 17.4 Å². The molecule has 0 radical (unpaired) electrons. The van der Waals surface area contributed by atoms with Gasteiger partial charge < -0.3 is 9.47 Å². The van der Waals surface area contributed by atoms with E-state index in [1.807, 2.05) is 0 Å². The Labute approximate surface area is 207 Å². The van der Waals surface area contributed by atoms with Crippen LogP contribution in [0.15, 0.2) is 65.7 Å². The van der Waals surface area contributed by atoms with Gasteiger partial charge in [0.25, 0.3) is 22.5 Å². The van der Waals surface area contributed by atoms with Crippen LogP contribution in [0.5, 0.6) is 17.4 Å². The minimum absolute atomic E-state index is 0.114. The average Bonchev–Trinajstić information content (AvgIpc) is 3.12. The van der Waals surface area contributed by atoms with E-state index in [1.165, 1.54) is 43.5 Å². The highest BCUT2D eigenvalue weighted by Crippen LogP contribution is 2.37. The third-order valence-corrected chi connectivity index (χ3v) is 5.93. The Kier molecular flexibility index (Phi) is 6.92. The molecule has 3 aromatic rings. The first-order chi connectivity index (χ1) is 17.3. The smallest absolute Gasteiger partial charge is 0.293 e. The van der Waals surface area contributed by atoms with Crippen molar-refractivity contribution in [3.05, 3.63) is 97.1 Å². The molecule has 0 spiro atoms. The number of imide groups is 1. The molecule has 0 atom stereocenters. The quantitative estimate of drug-likeness (QED) is 0.232. The average molecular weight is 508 g/mol. The van der Waals surface area contributed by atoms with E-state index in [1.54, 1.807) is 24.3 Å². The van der Waals surface area contributed by atoms with Gasteiger partial charge in [-0.15, -0.1) is 0 Å². The Morgan fingerprint density at radius 3 is 2.47 bits per heavy atom. The van der Waals surface area contributed by atoms with Gasteiger partial charge in [-0.2, -0.15) is 0 Å². The van der Waals surface area contributed by atoms with Crippen molar-refractivity contribution in [3.63, 3.8) is 0 Å². The summed E-state index contributed by atoms with van der Waals surface area (Å²) in [6, 6.07) is 13.3. The Morgan fingerprint density at radius 2 is 1.81 bits per heavy atom. The monoisotopic (exact) mass is 508 g/mol. The maximum absolute atomic E-state index is 12.9.